The summed E-state index contributed by atoms with van der Waals surface area (Å²) in [5.41, 5.74) is -1.92. The Kier molecular flexibility index (Phi) is 3.63. The van der Waals surface area contributed by atoms with E-state index in [1.54, 1.807) is 7.05 Å². The number of nitrogens with zero attached hydrogens (tertiary/aromatic N) is 3. The van der Waals surface area contributed by atoms with Crippen LogP contribution in [0.4, 0.5) is 0 Å². The summed E-state index contributed by atoms with van der Waals surface area (Å²) in [7, 11) is 1.66. The average Bonchev–Trinajstić information content (AvgIpc) is 3.16. The molecule has 0 amide bonds. The number of nitriles is 1. The van der Waals surface area contributed by atoms with Crippen molar-refractivity contribution in [2.24, 2.45) is 7.05 Å². The minimum Gasteiger partial charge on any atom is -0.297 e. The van der Waals surface area contributed by atoms with Gasteiger partial charge in [-0.3, -0.25) is 24.7 Å². The average molecular weight is 307 g/mol. The Morgan fingerprint density at radius 3 is 2.90 bits per heavy atom. The predicted molar refractivity (Wildman–Crippen MR) is 78.1 cm³/mol. The minimum absolute atomic E-state index is 0.222. The van der Waals surface area contributed by atoms with Crippen LogP contribution in [-0.4, -0.2) is 31.6 Å². The molecule has 0 radical (unpaired) electrons. The van der Waals surface area contributed by atoms with Gasteiger partial charge in [-0.15, -0.1) is 0 Å². The molecule has 7 nitrogen and oxygen atoms in total. The zero-order chi connectivity index (χ0) is 15.0. The topological polar surface area (TPSA) is 104 Å². The van der Waals surface area contributed by atoms with E-state index in [1.165, 1.54) is 16.4 Å². The molecule has 112 valence electrons. The maximum absolute atomic E-state index is 11.4. The second kappa shape index (κ2) is 5.31. The van der Waals surface area contributed by atoms with Crippen LogP contribution in [0.5, 0.6) is 0 Å². The molecule has 0 spiro atoms. The van der Waals surface area contributed by atoms with Crippen molar-refractivity contribution in [3.8, 4) is 6.07 Å². The summed E-state index contributed by atoms with van der Waals surface area (Å²) in [5, 5.41) is 16.1. The fourth-order valence-corrected chi connectivity index (χ4v) is 3.94. The predicted octanol–water partition coefficient (Wildman–Crippen LogP) is 0.128. The van der Waals surface area contributed by atoms with Gasteiger partial charge in [-0.25, -0.2) is 0 Å². The van der Waals surface area contributed by atoms with Gasteiger partial charge >= 0.3 is 11.1 Å². The van der Waals surface area contributed by atoms with E-state index in [9.17, 15) is 14.9 Å². The molecule has 0 aliphatic heterocycles. The fraction of sp³-hybridized carbons (Fsp3) is 0.692. The second-order valence-electron chi connectivity index (χ2n) is 5.79. The molecule has 2 unspecified atom stereocenters. The van der Waals surface area contributed by atoms with Gasteiger partial charge in [-0.2, -0.15) is 10.2 Å². The van der Waals surface area contributed by atoms with Crippen LogP contribution in [0.1, 0.15) is 32.1 Å². The summed E-state index contributed by atoms with van der Waals surface area (Å²) in [6, 6.07) is 2.92. The van der Waals surface area contributed by atoms with Crippen LogP contribution in [0.3, 0.4) is 0 Å². The Morgan fingerprint density at radius 1 is 1.48 bits per heavy atom. The number of thioether (sulfide) groups is 1. The number of rotatable bonds is 4. The van der Waals surface area contributed by atoms with E-state index in [1.807, 2.05) is 0 Å². The van der Waals surface area contributed by atoms with Crippen LogP contribution in [0.25, 0.3) is 0 Å². The Balaban J connectivity index is 1.72. The molecule has 2 fully saturated rings. The molecule has 0 saturated heterocycles. The lowest BCUT2D eigenvalue weighted by Gasteiger charge is -2.22. The normalized spacial score (nSPS) is 28.5. The first-order valence-corrected chi connectivity index (χ1v) is 7.92. The zero-order valence-electron chi connectivity index (χ0n) is 11.8. The molecule has 8 heteroatoms. The first-order valence-electron chi connectivity index (χ1n) is 7.04. The summed E-state index contributed by atoms with van der Waals surface area (Å²) < 4.78 is 1.47. The first kappa shape index (κ1) is 14.4. The molecule has 0 aromatic carbocycles. The highest BCUT2D eigenvalue weighted by atomic mass is 32.2. The van der Waals surface area contributed by atoms with Crippen LogP contribution in [0.15, 0.2) is 14.7 Å². The lowest BCUT2D eigenvalue weighted by atomic mass is 10.00. The van der Waals surface area contributed by atoms with E-state index in [0.29, 0.717) is 11.2 Å². The molecular formula is C13H17N5O2S. The van der Waals surface area contributed by atoms with Crippen LogP contribution >= 0.6 is 11.8 Å². The molecule has 1 heterocycles. The third-order valence-corrected chi connectivity index (χ3v) is 5.27. The van der Waals surface area contributed by atoms with Gasteiger partial charge in [0.25, 0.3) is 0 Å². The van der Waals surface area contributed by atoms with Crippen molar-refractivity contribution >= 4 is 11.8 Å². The second-order valence-corrected chi connectivity index (χ2v) is 7.06. The summed E-state index contributed by atoms with van der Waals surface area (Å²) in [6.07, 6.45) is 4.75. The molecule has 3 rings (SSSR count). The molecule has 0 bridgehead atoms. The van der Waals surface area contributed by atoms with Crippen molar-refractivity contribution in [2.75, 3.05) is 0 Å². The highest BCUT2D eigenvalue weighted by molar-refractivity contribution is 7.99. The van der Waals surface area contributed by atoms with Crippen molar-refractivity contribution < 1.29 is 0 Å². The third-order valence-electron chi connectivity index (χ3n) is 3.96. The van der Waals surface area contributed by atoms with E-state index in [0.717, 1.165) is 32.1 Å². The van der Waals surface area contributed by atoms with E-state index in [2.05, 4.69) is 21.5 Å². The number of hydrogen-bond acceptors (Lipinski definition) is 6. The van der Waals surface area contributed by atoms with Crippen molar-refractivity contribution in [3.05, 3.63) is 20.7 Å². The molecule has 2 atom stereocenters. The van der Waals surface area contributed by atoms with Crippen LogP contribution in [0, 0.1) is 11.3 Å². The van der Waals surface area contributed by atoms with E-state index >= 15 is 0 Å². The smallest absolute Gasteiger partial charge is 0.297 e. The van der Waals surface area contributed by atoms with Gasteiger partial charge in [-0.1, -0.05) is 11.8 Å². The molecular weight excluding hydrogens is 290 g/mol. The summed E-state index contributed by atoms with van der Waals surface area (Å²) >= 11 is 1.46. The van der Waals surface area contributed by atoms with Gasteiger partial charge < -0.3 is 0 Å². The Hall–Kier alpha value is -1.59. The quantitative estimate of drug-likeness (QED) is 0.766. The van der Waals surface area contributed by atoms with Crippen LogP contribution in [-0.2, 0) is 7.05 Å². The van der Waals surface area contributed by atoms with Gasteiger partial charge in [0.2, 0.25) is 0 Å². The SMILES string of the molecule is Cn1[nH]c(=O)c(=O)nc1SC1CCC(C#N)(NC2CC2)C1. The summed E-state index contributed by atoms with van der Waals surface area (Å²) in [4.78, 5) is 26.4. The minimum atomic E-state index is -0.767. The number of H-pyrrole nitrogens is 1. The monoisotopic (exact) mass is 307 g/mol. The first-order chi connectivity index (χ1) is 10.0. The lowest BCUT2D eigenvalue weighted by Crippen LogP contribution is -2.43. The van der Waals surface area contributed by atoms with E-state index in [4.69, 9.17) is 0 Å². The van der Waals surface area contributed by atoms with E-state index in [-0.39, 0.29) is 5.25 Å². The summed E-state index contributed by atoms with van der Waals surface area (Å²) in [6.45, 7) is 0. The largest absolute Gasteiger partial charge is 0.339 e. The summed E-state index contributed by atoms with van der Waals surface area (Å²) in [5.74, 6) is 0. The van der Waals surface area contributed by atoms with Crippen molar-refractivity contribution in [1.82, 2.24) is 20.1 Å². The molecule has 2 N–H and O–H groups in total. The zero-order valence-corrected chi connectivity index (χ0v) is 12.6. The standard InChI is InChI=1S/C13H17N5O2S/c1-18-12(15-10(19)11(20)17-18)21-9-4-5-13(6-9,7-14)16-8-2-3-8/h8-9,16H,2-6H2,1H3,(H,17,20). The Morgan fingerprint density at radius 2 is 2.24 bits per heavy atom. The number of aromatic nitrogens is 3. The number of aryl methyl sites for hydroxylation is 1. The van der Waals surface area contributed by atoms with Gasteiger partial charge in [-0.05, 0) is 32.1 Å². The maximum Gasteiger partial charge on any atom is 0.339 e. The molecule has 2 saturated carbocycles. The third kappa shape index (κ3) is 3.04. The van der Waals surface area contributed by atoms with Gasteiger partial charge in [0, 0.05) is 18.3 Å². The van der Waals surface area contributed by atoms with Crippen molar-refractivity contribution in [2.45, 2.75) is 54.1 Å². The Labute approximate surface area is 125 Å². The number of aromatic amines is 1. The highest BCUT2D eigenvalue weighted by Crippen LogP contribution is 2.40. The maximum atomic E-state index is 11.4. The molecule has 1 aromatic heterocycles. The molecule has 2 aliphatic carbocycles. The van der Waals surface area contributed by atoms with Gasteiger partial charge in [0.1, 0.15) is 5.54 Å². The highest BCUT2D eigenvalue weighted by Gasteiger charge is 2.43. The number of nitrogens with one attached hydrogen (secondary N) is 2. The van der Waals surface area contributed by atoms with Gasteiger partial charge in [0.05, 0.1) is 6.07 Å². The number of hydrogen-bond donors (Lipinski definition) is 2. The van der Waals surface area contributed by atoms with Gasteiger partial charge in [0.15, 0.2) is 5.16 Å². The van der Waals surface area contributed by atoms with Crippen LogP contribution in [0.2, 0.25) is 0 Å². The molecule has 2 aliphatic rings. The molecule has 1 aromatic rings. The fourth-order valence-electron chi connectivity index (χ4n) is 2.70. The van der Waals surface area contributed by atoms with Crippen molar-refractivity contribution in [1.29, 1.82) is 5.26 Å². The van der Waals surface area contributed by atoms with Crippen LogP contribution < -0.4 is 16.4 Å². The van der Waals surface area contributed by atoms with Crippen molar-refractivity contribution in [3.63, 3.8) is 0 Å². The lowest BCUT2D eigenvalue weighted by molar-refractivity contribution is 0.420. The van der Waals surface area contributed by atoms with E-state index < -0.39 is 16.7 Å². The molecule has 21 heavy (non-hydrogen) atoms. The Bertz CT molecular complexity index is 702.